The highest BCUT2D eigenvalue weighted by molar-refractivity contribution is 5.73. The summed E-state index contributed by atoms with van der Waals surface area (Å²) >= 11 is 0. The molecule has 1 aromatic rings. The van der Waals surface area contributed by atoms with Gasteiger partial charge >= 0.3 is 0 Å². The van der Waals surface area contributed by atoms with Crippen molar-refractivity contribution in [2.45, 2.75) is 57.4 Å². The molecule has 1 aliphatic heterocycles. The molecule has 114 valence electrons. The highest BCUT2D eigenvalue weighted by Crippen LogP contribution is 2.33. The van der Waals surface area contributed by atoms with Crippen LogP contribution in [0.4, 0.5) is 5.95 Å². The maximum atomic E-state index is 11.5. The molecule has 2 fully saturated rings. The fourth-order valence-corrected chi connectivity index (χ4v) is 3.45. The van der Waals surface area contributed by atoms with Gasteiger partial charge in [0.15, 0.2) is 0 Å². The van der Waals surface area contributed by atoms with E-state index in [1.807, 2.05) is 17.2 Å². The SMILES string of the molecule is CC(=O)N1CCC[C@H](Nc2nccc(C3CCCC3)n2)C1. The quantitative estimate of drug-likeness (QED) is 0.928. The summed E-state index contributed by atoms with van der Waals surface area (Å²) < 4.78 is 0. The number of hydrogen-bond acceptors (Lipinski definition) is 4. The van der Waals surface area contributed by atoms with Crippen LogP contribution in [0.2, 0.25) is 0 Å². The number of carbonyl (C=O) groups excluding carboxylic acids is 1. The Bertz CT molecular complexity index is 499. The van der Waals surface area contributed by atoms with E-state index in [4.69, 9.17) is 4.98 Å². The van der Waals surface area contributed by atoms with Crippen LogP contribution in [0, 0.1) is 0 Å². The Morgan fingerprint density at radius 2 is 2.10 bits per heavy atom. The molecule has 2 heterocycles. The zero-order valence-corrected chi connectivity index (χ0v) is 12.7. The summed E-state index contributed by atoms with van der Waals surface area (Å²) in [4.78, 5) is 22.4. The van der Waals surface area contributed by atoms with E-state index in [1.165, 1.54) is 31.4 Å². The number of hydrogen-bond donors (Lipinski definition) is 1. The second-order valence-electron chi connectivity index (χ2n) is 6.24. The number of likely N-dealkylation sites (tertiary alicyclic amines) is 1. The summed E-state index contributed by atoms with van der Waals surface area (Å²) in [6, 6.07) is 2.31. The molecule has 1 aromatic heterocycles. The first-order valence-electron chi connectivity index (χ1n) is 8.07. The average Bonchev–Trinajstić information content (AvgIpc) is 3.02. The molecule has 0 unspecified atom stereocenters. The van der Waals surface area contributed by atoms with E-state index in [0.29, 0.717) is 5.92 Å². The van der Waals surface area contributed by atoms with Crippen LogP contribution in [0.25, 0.3) is 0 Å². The van der Waals surface area contributed by atoms with Crippen molar-refractivity contribution < 1.29 is 4.79 Å². The van der Waals surface area contributed by atoms with Crippen molar-refractivity contribution in [1.29, 1.82) is 0 Å². The second kappa shape index (κ2) is 6.41. The number of piperidine rings is 1. The molecule has 1 saturated heterocycles. The third-order valence-corrected chi connectivity index (χ3v) is 4.65. The molecule has 1 amide bonds. The summed E-state index contributed by atoms with van der Waals surface area (Å²) in [7, 11) is 0. The van der Waals surface area contributed by atoms with Crippen LogP contribution in [0.1, 0.15) is 57.1 Å². The number of aromatic nitrogens is 2. The Labute approximate surface area is 126 Å². The first-order chi connectivity index (χ1) is 10.2. The smallest absolute Gasteiger partial charge is 0.223 e. The van der Waals surface area contributed by atoms with Crippen molar-refractivity contribution in [2.24, 2.45) is 0 Å². The Morgan fingerprint density at radius 1 is 1.29 bits per heavy atom. The molecule has 5 heteroatoms. The van der Waals surface area contributed by atoms with E-state index in [1.54, 1.807) is 6.92 Å². The Morgan fingerprint density at radius 3 is 2.86 bits per heavy atom. The van der Waals surface area contributed by atoms with E-state index < -0.39 is 0 Å². The van der Waals surface area contributed by atoms with Crippen LogP contribution < -0.4 is 5.32 Å². The van der Waals surface area contributed by atoms with Gasteiger partial charge in [0.2, 0.25) is 11.9 Å². The minimum atomic E-state index is 0.155. The Balaban J connectivity index is 1.64. The van der Waals surface area contributed by atoms with Gasteiger partial charge in [-0.3, -0.25) is 4.79 Å². The lowest BCUT2D eigenvalue weighted by Gasteiger charge is -2.32. The summed E-state index contributed by atoms with van der Waals surface area (Å²) in [5.74, 6) is 1.48. The highest BCUT2D eigenvalue weighted by Gasteiger charge is 2.23. The molecule has 1 N–H and O–H groups in total. The number of rotatable bonds is 3. The maximum absolute atomic E-state index is 11.5. The van der Waals surface area contributed by atoms with Gasteiger partial charge in [0.05, 0.1) is 0 Å². The van der Waals surface area contributed by atoms with Crippen LogP contribution in [0.5, 0.6) is 0 Å². The van der Waals surface area contributed by atoms with Crippen LogP contribution in [0.15, 0.2) is 12.3 Å². The predicted octanol–water partition coefficient (Wildman–Crippen LogP) is 2.56. The molecule has 1 saturated carbocycles. The van der Waals surface area contributed by atoms with E-state index in [-0.39, 0.29) is 11.9 Å². The first-order valence-corrected chi connectivity index (χ1v) is 8.07. The molecule has 1 atom stereocenters. The number of nitrogens with zero attached hydrogens (tertiary/aromatic N) is 3. The summed E-state index contributed by atoms with van der Waals surface area (Å²) in [6.07, 6.45) is 9.09. The standard InChI is InChI=1S/C16H24N4O/c1-12(21)20-10-4-7-14(11-20)18-16-17-9-8-15(19-16)13-5-2-3-6-13/h8-9,13-14H,2-7,10-11H2,1H3,(H,17,18,19)/t14-/m0/s1. The van der Waals surface area contributed by atoms with Crippen molar-refractivity contribution >= 4 is 11.9 Å². The third-order valence-electron chi connectivity index (χ3n) is 4.65. The number of anilines is 1. The monoisotopic (exact) mass is 288 g/mol. The molecule has 0 aromatic carbocycles. The molecule has 5 nitrogen and oxygen atoms in total. The largest absolute Gasteiger partial charge is 0.350 e. The summed E-state index contributed by atoms with van der Waals surface area (Å²) in [5.41, 5.74) is 1.17. The molecule has 2 aliphatic rings. The minimum Gasteiger partial charge on any atom is -0.350 e. The second-order valence-corrected chi connectivity index (χ2v) is 6.24. The Kier molecular flexibility index (Phi) is 4.36. The predicted molar refractivity (Wildman–Crippen MR) is 82.1 cm³/mol. The lowest BCUT2D eigenvalue weighted by molar-refractivity contribution is -0.129. The van der Waals surface area contributed by atoms with Crippen LogP contribution in [0.3, 0.4) is 0 Å². The van der Waals surface area contributed by atoms with Crippen LogP contribution in [-0.2, 0) is 4.79 Å². The molecule has 0 spiro atoms. The average molecular weight is 288 g/mol. The lowest BCUT2D eigenvalue weighted by atomic mass is 10.0. The molecular weight excluding hydrogens is 264 g/mol. The van der Waals surface area contributed by atoms with E-state index >= 15 is 0 Å². The summed E-state index contributed by atoms with van der Waals surface area (Å²) in [6.45, 7) is 3.27. The van der Waals surface area contributed by atoms with Gasteiger partial charge in [0, 0.05) is 43.9 Å². The van der Waals surface area contributed by atoms with Crippen molar-refractivity contribution in [2.75, 3.05) is 18.4 Å². The van der Waals surface area contributed by atoms with Gasteiger partial charge < -0.3 is 10.2 Å². The molecule has 1 aliphatic carbocycles. The lowest BCUT2D eigenvalue weighted by Crippen LogP contribution is -2.44. The van der Waals surface area contributed by atoms with Gasteiger partial charge in [-0.25, -0.2) is 9.97 Å². The van der Waals surface area contributed by atoms with Crippen molar-refractivity contribution in [3.63, 3.8) is 0 Å². The number of amides is 1. The Hall–Kier alpha value is -1.65. The molecule has 0 radical (unpaired) electrons. The van der Waals surface area contributed by atoms with Crippen LogP contribution in [-0.4, -0.2) is 39.9 Å². The minimum absolute atomic E-state index is 0.155. The van der Waals surface area contributed by atoms with Crippen molar-refractivity contribution in [3.05, 3.63) is 18.0 Å². The van der Waals surface area contributed by atoms with Gasteiger partial charge in [-0.15, -0.1) is 0 Å². The number of carbonyl (C=O) groups is 1. The maximum Gasteiger partial charge on any atom is 0.223 e. The molecular formula is C16H24N4O. The number of nitrogens with one attached hydrogen (secondary N) is 1. The van der Waals surface area contributed by atoms with Crippen molar-refractivity contribution in [1.82, 2.24) is 14.9 Å². The zero-order valence-electron chi connectivity index (χ0n) is 12.7. The summed E-state index contributed by atoms with van der Waals surface area (Å²) in [5, 5.41) is 3.41. The molecule has 21 heavy (non-hydrogen) atoms. The fraction of sp³-hybridized carbons (Fsp3) is 0.688. The van der Waals surface area contributed by atoms with Gasteiger partial charge in [-0.2, -0.15) is 0 Å². The van der Waals surface area contributed by atoms with Gasteiger partial charge in [0.1, 0.15) is 0 Å². The normalized spacial score (nSPS) is 23.3. The van der Waals surface area contributed by atoms with Crippen molar-refractivity contribution in [3.8, 4) is 0 Å². The topological polar surface area (TPSA) is 58.1 Å². The third kappa shape index (κ3) is 3.52. The molecule has 0 bridgehead atoms. The van der Waals surface area contributed by atoms with E-state index in [9.17, 15) is 4.79 Å². The zero-order chi connectivity index (χ0) is 14.7. The van der Waals surface area contributed by atoms with E-state index in [0.717, 1.165) is 31.9 Å². The molecule has 3 rings (SSSR count). The van der Waals surface area contributed by atoms with E-state index in [2.05, 4.69) is 10.3 Å². The van der Waals surface area contributed by atoms with Gasteiger partial charge in [0.25, 0.3) is 0 Å². The van der Waals surface area contributed by atoms with Gasteiger partial charge in [-0.05, 0) is 31.7 Å². The highest BCUT2D eigenvalue weighted by atomic mass is 16.2. The van der Waals surface area contributed by atoms with Gasteiger partial charge in [-0.1, -0.05) is 12.8 Å². The fourth-order valence-electron chi connectivity index (χ4n) is 3.45. The first kappa shape index (κ1) is 14.3. The van der Waals surface area contributed by atoms with Crippen LogP contribution >= 0.6 is 0 Å².